The summed E-state index contributed by atoms with van der Waals surface area (Å²) in [6.07, 6.45) is 0.662. The highest BCUT2D eigenvalue weighted by Crippen LogP contribution is 2.33. The van der Waals surface area contributed by atoms with Gasteiger partial charge in [-0.2, -0.15) is 0 Å². The monoisotopic (exact) mass is 526 g/mol. The number of fused-ring (bicyclic) bond motifs is 1. The molecule has 1 aromatic heterocycles. The van der Waals surface area contributed by atoms with Crippen LogP contribution in [0.5, 0.6) is 0 Å². The molecule has 1 N–H and O–H groups in total. The van der Waals surface area contributed by atoms with Crippen LogP contribution in [0.25, 0.3) is 44.6 Å². The second kappa shape index (κ2) is 8.79. The predicted molar refractivity (Wildman–Crippen MR) is 159 cm³/mol. The van der Waals surface area contributed by atoms with Crippen LogP contribution in [0, 0.1) is 12.3 Å². The Hall–Kier alpha value is -3.48. The van der Waals surface area contributed by atoms with Crippen LogP contribution in [0.3, 0.4) is 0 Å². The average molecular weight is 527 g/mol. The Morgan fingerprint density at radius 2 is 1.45 bits per heavy atom. The van der Waals surface area contributed by atoms with Crippen molar-refractivity contribution in [1.29, 1.82) is 0 Å². The molecule has 5 nitrogen and oxygen atoms in total. The van der Waals surface area contributed by atoms with E-state index in [9.17, 15) is 13.2 Å². The van der Waals surface area contributed by atoms with Gasteiger partial charge in [-0.05, 0) is 61.8 Å². The number of pyridine rings is 1. The van der Waals surface area contributed by atoms with Crippen LogP contribution in [0.1, 0.15) is 46.6 Å². The smallest absolute Gasteiger partial charge is 0.263 e. The Balaban J connectivity index is 1.78. The second-order valence-corrected chi connectivity index (χ2v) is 13.8. The number of sulfonamides is 1. The third kappa shape index (κ3) is 4.42. The quantitative estimate of drug-likeness (QED) is 0.295. The first-order chi connectivity index (χ1) is 17.7. The van der Waals surface area contributed by atoms with E-state index < -0.39 is 15.6 Å². The molecule has 6 heteroatoms. The Morgan fingerprint density at radius 3 is 2.13 bits per heavy atom. The fourth-order valence-corrected chi connectivity index (χ4v) is 7.74. The molecule has 0 aliphatic heterocycles. The van der Waals surface area contributed by atoms with E-state index in [-0.39, 0.29) is 15.9 Å². The lowest BCUT2D eigenvalue weighted by Crippen LogP contribution is -2.45. The molecule has 5 rings (SSSR count). The first-order valence-corrected chi connectivity index (χ1v) is 14.3. The molecule has 0 saturated carbocycles. The van der Waals surface area contributed by atoms with Gasteiger partial charge in [-0.15, -0.1) is 0 Å². The second-order valence-electron chi connectivity index (χ2n) is 12.1. The van der Waals surface area contributed by atoms with Gasteiger partial charge in [0.1, 0.15) is 0 Å². The van der Waals surface area contributed by atoms with Gasteiger partial charge in [0, 0.05) is 37.8 Å². The summed E-state index contributed by atoms with van der Waals surface area (Å²) in [6, 6.07) is 20.7. The van der Waals surface area contributed by atoms with Crippen LogP contribution in [-0.2, 0) is 10.0 Å². The van der Waals surface area contributed by atoms with E-state index in [0.717, 1.165) is 27.4 Å². The van der Waals surface area contributed by atoms with Crippen molar-refractivity contribution in [3.8, 4) is 5.69 Å². The first kappa shape index (κ1) is 26.1. The highest BCUT2D eigenvalue weighted by molar-refractivity contribution is 7.89. The van der Waals surface area contributed by atoms with Gasteiger partial charge in [0.25, 0.3) is 5.56 Å². The molecule has 38 heavy (non-hydrogen) atoms. The summed E-state index contributed by atoms with van der Waals surface area (Å²) < 4.78 is 31.9. The Kier molecular flexibility index (Phi) is 6.04. The number of hydrogen-bond acceptors (Lipinski definition) is 3. The maximum absolute atomic E-state index is 14.0. The van der Waals surface area contributed by atoms with Crippen molar-refractivity contribution in [3.63, 3.8) is 0 Å². The van der Waals surface area contributed by atoms with Gasteiger partial charge in [-0.3, -0.25) is 9.36 Å². The van der Waals surface area contributed by atoms with Crippen molar-refractivity contribution in [2.45, 2.75) is 58.4 Å². The molecule has 0 amide bonds. The first-order valence-electron chi connectivity index (χ1n) is 12.8. The van der Waals surface area contributed by atoms with Crippen molar-refractivity contribution in [3.05, 3.63) is 88.0 Å². The molecule has 1 heterocycles. The van der Waals surface area contributed by atoms with E-state index in [1.807, 2.05) is 69.3 Å². The van der Waals surface area contributed by atoms with E-state index in [0.29, 0.717) is 27.9 Å². The molecule has 0 spiro atoms. The number of aromatic nitrogens is 1. The zero-order valence-corrected chi connectivity index (χ0v) is 23.7. The number of hydrogen-bond donors (Lipinski definition) is 1. The lowest BCUT2D eigenvalue weighted by atomic mass is 9.82. The van der Waals surface area contributed by atoms with Crippen LogP contribution >= 0.6 is 0 Å². The minimum absolute atomic E-state index is 0.0560. The molecule has 0 fully saturated rings. The van der Waals surface area contributed by atoms with Gasteiger partial charge < -0.3 is 0 Å². The Morgan fingerprint density at radius 1 is 0.816 bits per heavy atom. The van der Waals surface area contributed by atoms with Crippen molar-refractivity contribution in [2.24, 2.45) is 5.41 Å². The highest BCUT2D eigenvalue weighted by Gasteiger charge is 2.32. The minimum Gasteiger partial charge on any atom is -0.276 e. The average Bonchev–Trinajstić information content (AvgIpc) is 2.80. The van der Waals surface area contributed by atoms with Crippen molar-refractivity contribution >= 4 is 48.9 Å². The topological polar surface area (TPSA) is 68.2 Å². The van der Waals surface area contributed by atoms with Gasteiger partial charge in [0.2, 0.25) is 10.0 Å². The molecular weight excluding hydrogens is 492 g/mol. The Bertz CT molecular complexity index is 1910. The van der Waals surface area contributed by atoms with E-state index in [2.05, 4.69) is 32.1 Å². The summed E-state index contributed by atoms with van der Waals surface area (Å²) in [4.78, 5) is 14.2. The molecule has 0 atom stereocenters. The zero-order chi connectivity index (χ0) is 27.6. The number of rotatable bonds is 5. The van der Waals surface area contributed by atoms with Crippen LogP contribution in [0.15, 0.2) is 76.4 Å². The van der Waals surface area contributed by atoms with Crippen LogP contribution in [0.2, 0.25) is 0 Å². The van der Waals surface area contributed by atoms with E-state index in [1.54, 1.807) is 22.8 Å². The predicted octanol–water partition coefficient (Wildman–Crippen LogP) is 6.23. The lowest BCUT2D eigenvalue weighted by molar-refractivity contribution is 0.269. The number of aryl methyl sites for hydroxylation is 1. The summed E-state index contributed by atoms with van der Waals surface area (Å²) in [5.41, 5.74) is 0.895. The molecule has 0 aliphatic carbocycles. The number of nitrogens with zero attached hydrogens (tertiary/aromatic N) is 1. The summed E-state index contributed by atoms with van der Waals surface area (Å²) in [5.74, 6) is 0. The summed E-state index contributed by atoms with van der Waals surface area (Å²) in [6.45, 7) is 16.4. The molecule has 0 radical (unpaired) electrons. The molecule has 0 bridgehead atoms. The lowest BCUT2D eigenvalue weighted by Gasteiger charge is -2.33. The summed E-state index contributed by atoms with van der Waals surface area (Å²) in [5, 5.41) is 4.89. The maximum atomic E-state index is 14.0. The van der Waals surface area contributed by atoms with Crippen LogP contribution in [-0.4, -0.2) is 18.5 Å². The van der Waals surface area contributed by atoms with Crippen molar-refractivity contribution < 1.29 is 8.42 Å². The van der Waals surface area contributed by atoms with Gasteiger partial charge in [0.15, 0.2) is 0 Å². The van der Waals surface area contributed by atoms with Crippen molar-refractivity contribution in [1.82, 2.24) is 9.29 Å². The van der Waals surface area contributed by atoms with Gasteiger partial charge >= 0.3 is 0 Å². The van der Waals surface area contributed by atoms with Crippen molar-refractivity contribution in [2.75, 3.05) is 0 Å². The summed E-state index contributed by atoms with van der Waals surface area (Å²) in [7, 11) is -3.87. The molecule has 4 aromatic carbocycles. The van der Waals surface area contributed by atoms with Gasteiger partial charge in [0.05, 0.1) is 10.6 Å². The minimum atomic E-state index is -3.87. The van der Waals surface area contributed by atoms with Gasteiger partial charge in [-0.25, -0.2) is 13.1 Å². The maximum Gasteiger partial charge on any atom is 0.263 e. The fraction of sp³-hybridized carbons (Fsp3) is 0.281. The molecular formula is C32H34N2O3S. The third-order valence-corrected chi connectivity index (χ3v) is 8.78. The van der Waals surface area contributed by atoms with E-state index >= 15 is 0 Å². The standard InChI is InChI=1S/C32H34N2O3S/c1-20-11-8-12-22-13-9-16-26(28(20)22)34-21(2)23-14-10-15-24-27(18-17-25(29(23)24)30(34)35)38(36,37)33-32(6,7)19-31(3,4)5/h8-18,33H,2,19H2,1,3-7H3. The fourth-order valence-electron chi connectivity index (χ4n) is 6.12. The van der Waals surface area contributed by atoms with Gasteiger partial charge in [-0.1, -0.05) is 75.9 Å². The molecule has 196 valence electrons. The Labute approximate surface area is 223 Å². The third-order valence-electron chi connectivity index (χ3n) is 7.02. The molecule has 5 aromatic rings. The number of nitrogens with one attached hydrogen (secondary N) is 1. The number of benzene rings is 4. The molecule has 0 saturated heterocycles. The largest absolute Gasteiger partial charge is 0.276 e. The molecule has 0 aliphatic rings. The van der Waals surface area contributed by atoms with Crippen LogP contribution < -0.4 is 15.6 Å². The van der Waals surface area contributed by atoms with E-state index in [1.165, 1.54) is 0 Å². The zero-order valence-electron chi connectivity index (χ0n) is 22.8. The summed E-state index contributed by atoms with van der Waals surface area (Å²) >= 11 is 0. The molecule has 0 unspecified atom stereocenters. The highest BCUT2D eigenvalue weighted by atomic mass is 32.2. The van der Waals surface area contributed by atoms with Crippen LogP contribution in [0.4, 0.5) is 0 Å². The normalized spacial score (nSPS) is 13.1. The van der Waals surface area contributed by atoms with E-state index in [4.69, 9.17) is 0 Å². The SMILES string of the molecule is C=c1c2cccc3c(S(=O)(=O)NC(C)(C)CC(C)(C)C)ccc(c(=O)n1-c1cccc4cccc(C)c14)c32.